The van der Waals surface area contributed by atoms with Gasteiger partial charge in [0, 0.05) is 36.0 Å². The van der Waals surface area contributed by atoms with E-state index in [1.807, 2.05) is 102 Å². The first-order valence-electron chi connectivity index (χ1n) is 15.3. The maximum Gasteiger partial charge on any atom is 0.272 e. The summed E-state index contributed by atoms with van der Waals surface area (Å²) in [7, 11) is 0. The normalized spacial score (nSPS) is 11.8. The van der Waals surface area contributed by atoms with Gasteiger partial charge >= 0.3 is 0 Å². The van der Waals surface area contributed by atoms with Crippen LogP contribution in [0.15, 0.2) is 158 Å². The molecule has 11 heteroatoms. The molecule has 1 heterocycles. The molecule has 0 aliphatic heterocycles. The number of thioether (sulfide) groups is 1. The average molecular weight is 825 g/mol. The summed E-state index contributed by atoms with van der Waals surface area (Å²) in [5.74, 6) is -1.09. The summed E-state index contributed by atoms with van der Waals surface area (Å²) in [4.78, 5) is 45.7. The summed E-state index contributed by atoms with van der Waals surface area (Å²) in [5, 5.41) is 10.5. The van der Waals surface area contributed by atoms with Gasteiger partial charge in [0.15, 0.2) is 5.13 Å². The molecule has 3 N–H and O–H groups in total. The van der Waals surface area contributed by atoms with Crippen molar-refractivity contribution in [3.63, 3.8) is 0 Å². The van der Waals surface area contributed by atoms with Crippen LogP contribution in [0.25, 0.3) is 17.3 Å². The van der Waals surface area contributed by atoms with Gasteiger partial charge in [-0.2, -0.15) is 0 Å². The van der Waals surface area contributed by atoms with E-state index in [9.17, 15) is 14.4 Å². The second-order valence-electron chi connectivity index (χ2n) is 10.9. The van der Waals surface area contributed by atoms with Gasteiger partial charge in [0.2, 0.25) is 5.91 Å². The maximum atomic E-state index is 13.7. The highest BCUT2D eigenvalue weighted by molar-refractivity contribution is 9.10. The molecule has 0 radical (unpaired) electrons. The Morgan fingerprint density at radius 3 is 2.14 bits per heavy atom. The second kappa shape index (κ2) is 16.7. The number of aromatic nitrogens is 1. The molecule has 3 amide bonds. The molecule has 7 nitrogen and oxygen atoms in total. The molecule has 0 saturated carbocycles. The van der Waals surface area contributed by atoms with Crippen molar-refractivity contribution in [2.75, 3.05) is 10.6 Å². The standard InChI is InChI=1S/C39H28Br2N4O3S2/c40-29-16-14-26(15-17-29)34-24-49-39(44-34)45-38(48)35(27-9-3-1-4-10-27)50-32-20-18-31(19-21-32)42-37(47)33(23-25-8-7-13-30(41)22-25)43-36(46)28-11-5-2-6-12-28/h1-24,35H,(H,42,47)(H,43,46)(H,44,45,48)/b33-23-. The number of benzene rings is 5. The predicted molar refractivity (Wildman–Crippen MR) is 210 cm³/mol. The number of amides is 3. The Balaban J connectivity index is 1.17. The van der Waals surface area contributed by atoms with E-state index in [2.05, 4.69) is 52.8 Å². The molecule has 1 atom stereocenters. The zero-order chi connectivity index (χ0) is 34.9. The minimum atomic E-state index is -0.565. The van der Waals surface area contributed by atoms with Crippen molar-refractivity contribution in [2.45, 2.75) is 10.1 Å². The molecule has 0 aliphatic rings. The highest BCUT2D eigenvalue weighted by atomic mass is 79.9. The molecule has 6 rings (SSSR count). The number of hydrogen-bond acceptors (Lipinski definition) is 6. The number of thiazole rings is 1. The van der Waals surface area contributed by atoms with E-state index in [0.29, 0.717) is 16.4 Å². The first kappa shape index (κ1) is 35.0. The van der Waals surface area contributed by atoms with Crippen molar-refractivity contribution in [1.82, 2.24) is 10.3 Å². The summed E-state index contributed by atoms with van der Waals surface area (Å²) in [6, 6.07) is 40.8. The molecular weight excluding hydrogens is 796 g/mol. The first-order valence-corrected chi connectivity index (χ1v) is 18.6. The fraction of sp³-hybridized carbons (Fsp3) is 0.0256. The van der Waals surface area contributed by atoms with E-state index >= 15 is 0 Å². The van der Waals surface area contributed by atoms with Gasteiger partial charge in [-0.25, -0.2) is 4.98 Å². The van der Waals surface area contributed by atoms with Gasteiger partial charge in [0.05, 0.1) is 5.69 Å². The van der Waals surface area contributed by atoms with Crippen LogP contribution in [0.5, 0.6) is 0 Å². The van der Waals surface area contributed by atoms with Gasteiger partial charge in [0.25, 0.3) is 11.8 Å². The van der Waals surface area contributed by atoms with Crippen molar-refractivity contribution in [3.8, 4) is 11.3 Å². The Morgan fingerprint density at radius 1 is 0.740 bits per heavy atom. The van der Waals surface area contributed by atoms with Crippen LogP contribution in [-0.4, -0.2) is 22.7 Å². The molecule has 0 saturated heterocycles. The predicted octanol–water partition coefficient (Wildman–Crippen LogP) is 10.2. The summed E-state index contributed by atoms with van der Waals surface area (Å²) in [6.45, 7) is 0. The van der Waals surface area contributed by atoms with Crippen molar-refractivity contribution in [2.24, 2.45) is 0 Å². The number of carbonyl (C=O) groups excluding carboxylic acids is 3. The van der Waals surface area contributed by atoms with E-state index in [-0.39, 0.29) is 11.6 Å². The third-order valence-corrected chi connectivity index (χ3v) is 10.3. The number of anilines is 2. The molecule has 1 aromatic heterocycles. The monoisotopic (exact) mass is 822 g/mol. The van der Waals surface area contributed by atoms with Crippen molar-refractivity contribution >= 4 is 89.6 Å². The molecule has 0 spiro atoms. The van der Waals surface area contributed by atoms with Crippen LogP contribution in [0, 0.1) is 0 Å². The van der Waals surface area contributed by atoms with Crippen LogP contribution >= 0.6 is 55.0 Å². The van der Waals surface area contributed by atoms with E-state index in [4.69, 9.17) is 0 Å². The molecule has 0 fully saturated rings. The summed E-state index contributed by atoms with van der Waals surface area (Å²) < 4.78 is 1.82. The third kappa shape index (κ3) is 9.45. The van der Waals surface area contributed by atoms with E-state index in [0.717, 1.165) is 36.2 Å². The van der Waals surface area contributed by atoms with Crippen LogP contribution in [0.4, 0.5) is 10.8 Å². The highest BCUT2D eigenvalue weighted by Crippen LogP contribution is 2.37. The van der Waals surface area contributed by atoms with Crippen LogP contribution in [0.2, 0.25) is 0 Å². The highest BCUT2D eigenvalue weighted by Gasteiger charge is 2.23. The Labute approximate surface area is 314 Å². The summed E-state index contributed by atoms with van der Waals surface area (Å²) >= 11 is 9.68. The Kier molecular flexibility index (Phi) is 11.7. The number of nitrogens with one attached hydrogen (secondary N) is 3. The lowest BCUT2D eigenvalue weighted by Crippen LogP contribution is -2.30. The molecule has 248 valence electrons. The van der Waals surface area contributed by atoms with Crippen molar-refractivity contribution in [3.05, 3.63) is 170 Å². The molecule has 6 aromatic rings. The lowest BCUT2D eigenvalue weighted by atomic mass is 10.1. The molecule has 0 bridgehead atoms. The number of rotatable bonds is 11. The minimum Gasteiger partial charge on any atom is -0.321 e. The molecular formula is C39H28Br2N4O3S2. The third-order valence-electron chi connectivity index (χ3n) is 7.27. The van der Waals surface area contributed by atoms with Gasteiger partial charge in [0.1, 0.15) is 10.9 Å². The smallest absolute Gasteiger partial charge is 0.272 e. The van der Waals surface area contributed by atoms with E-state index in [1.54, 1.807) is 42.5 Å². The zero-order valence-electron chi connectivity index (χ0n) is 26.2. The number of hydrogen-bond donors (Lipinski definition) is 3. The fourth-order valence-electron chi connectivity index (χ4n) is 4.81. The number of nitrogens with zero attached hydrogens (tertiary/aromatic N) is 1. The minimum absolute atomic E-state index is 0.0849. The topological polar surface area (TPSA) is 100 Å². The van der Waals surface area contributed by atoms with Gasteiger partial charge in [-0.3, -0.25) is 14.4 Å². The van der Waals surface area contributed by atoms with Crippen LogP contribution in [0.3, 0.4) is 0 Å². The number of carbonyl (C=O) groups is 3. The Morgan fingerprint density at radius 2 is 1.44 bits per heavy atom. The van der Waals surface area contributed by atoms with Crippen molar-refractivity contribution in [1.29, 1.82) is 0 Å². The molecule has 1 unspecified atom stereocenters. The van der Waals surface area contributed by atoms with E-state index in [1.165, 1.54) is 23.1 Å². The molecule has 0 aliphatic carbocycles. The van der Waals surface area contributed by atoms with Crippen LogP contribution in [0.1, 0.15) is 26.7 Å². The van der Waals surface area contributed by atoms with Crippen molar-refractivity contribution < 1.29 is 14.4 Å². The quantitative estimate of drug-likeness (QED) is 0.0893. The van der Waals surface area contributed by atoms with Gasteiger partial charge in [-0.1, -0.05) is 105 Å². The summed E-state index contributed by atoms with van der Waals surface area (Å²) in [6.07, 6.45) is 1.62. The van der Waals surface area contributed by atoms with Crippen LogP contribution < -0.4 is 16.0 Å². The SMILES string of the molecule is O=C(Nc1ccc(SC(C(=O)Nc2nc(-c3ccc(Br)cc3)cs2)c2ccccc2)cc1)/C(=C/c1cccc(Br)c1)NC(=O)c1ccccc1. The average Bonchev–Trinajstić information content (AvgIpc) is 3.60. The van der Waals surface area contributed by atoms with Crippen LogP contribution in [-0.2, 0) is 9.59 Å². The van der Waals surface area contributed by atoms with E-state index < -0.39 is 17.1 Å². The van der Waals surface area contributed by atoms with Gasteiger partial charge in [-0.05, 0) is 77.9 Å². The Hall–Kier alpha value is -4.81. The molecule has 50 heavy (non-hydrogen) atoms. The Bertz CT molecular complexity index is 2140. The lowest BCUT2D eigenvalue weighted by Gasteiger charge is -2.17. The molecule has 5 aromatic carbocycles. The largest absolute Gasteiger partial charge is 0.321 e. The summed E-state index contributed by atoms with van der Waals surface area (Å²) in [5.41, 5.74) is 4.36. The number of halogens is 2. The maximum absolute atomic E-state index is 13.7. The second-order valence-corrected chi connectivity index (χ2v) is 14.7. The van der Waals surface area contributed by atoms with Gasteiger partial charge in [-0.15, -0.1) is 23.1 Å². The lowest BCUT2D eigenvalue weighted by molar-refractivity contribution is -0.116. The zero-order valence-corrected chi connectivity index (χ0v) is 31.0. The fourth-order valence-corrected chi connectivity index (χ4v) is 7.24. The van der Waals surface area contributed by atoms with Gasteiger partial charge < -0.3 is 16.0 Å². The first-order chi connectivity index (χ1) is 24.3.